The zero-order valence-corrected chi connectivity index (χ0v) is 19.5. The second-order valence-corrected chi connectivity index (χ2v) is 12.0. The SMILES string of the molecule is CC(C)C(=O)CCC(C)C1CC[C@H]2[C@@H]3CC=C4C[C@@H](O)CC[C@]4(C)[C@H]3CC[C@]12C. The van der Waals surface area contributed by atoms with Crippen LogP contribution in [0.25, 0.3) is 0 Å². The second-order valence-electron chi connectivity index (χ2n) is 12.0. The van der Waals surface area contributed by atoms with Crippen LogP contribution < -0.4 is 0 Å². The van der Waals surface area contributed by atoms with Crippen molar-refractivity contribution in [3.63, 3.8) is 0 Å². The van der Waals surface area contributed by atoms with E-state index in [1.165, 1.54) is 38.5 Å². The summed E-state index contributed by atoms with van der Waals surface area (Å²) >= 11 is 0. The van der Waals surface area contributed by atoms with Gasteiger partial charge in [-0.25, -0.2) is 0 Å². The standard InChI is InChI=1S/C27H44O2/c1-17(2)25(29)11-6-18(3)22-9-10-23-21-8-7-19-16-20(28)12-14-26(19,4)24(21)13-15-27(22,23)5/h7,17-18,20-24,28H,6,8-16H2,1-5H3/t18?,20-,21-,22?,23-,24-,26-,27+/m0/s1. The van der Waals surface area contributed by atoms with Crippen LogP contribution in [0.4, 0.5) is 0 Å². The van der Waals surface area contributed by atoms with Crippen LogP contribution in [-0.4, -0.2) is 17.0 Å². The number of aliphatic hydroxyl groups excluding tert-OH is 1. The highest BCUT2D eigenvalue weighted by Gasteiger charge is 2.59. The van der Waals surface area contributed by atoms with Gasteiger partial charge in [-0.15, -0.1) is 0 Å². The molecular formula is C27H44O2. The Hall–Kier alpha value is -0.630. The normalized spacial score (nSPS) is 45.2. The summed E-state index contributed by atoms with van der Waals surface area (Å²) in [5, 5.41) is 10.2. The van der Waals surface area contributed by atoms with Crippen LogP contribution in [0.2, 0.25) is 0 Å². The molecule has 1 N–H and O–H groups in total. The third kappa shape index (κ3) is 3.56. The Balaban J connectivity index is 1.49. The quantitative estimate of drug-likeness (QED) is 0.530. The summed E-state index contributed by atoms with van der Waals surface area (Å²) in [6, 6.07) is 0. The van der Waals surface area contributed by atoms with E-state index in [0.717, 1.165) is 49.4 Å². The van der Waals surface area contributed by atoms with Crippen LogP contribution in [0.5, 0.6) is 0 Å². The molecule has 2 unspecified atom stereocenters. The molecule has 29 heavy (non-hydrogen) atoms. The fraction of sp³-hybridized carbons (Fsp3) is 0.889. The predicted octanol–water partition coefficient (Wildman–Crippen LogP) is 6.57. The summed E-state index contributed by atoms with van der Waals surface area (Å²) in [6.07, 6.45) is 14.1. The maximum Gasteiger partial charge on any atom is 0.135 e. The number of hydrogen-bond acceptors (Lipinski definition) is 2. The number of rotatable bonds is 5. The van der Waals surface area contributed by atoms with E-state index in [-0.39, 0.29) is 12.0 Å². The summed E-state index contributed by atoms with van der Waals surface area (Å²) in [7, 11) is 0. The van der Waals surface area contributed by atoms with Crippen molar-refractivity contribution in [1.82, 2.24) is 0 Å². The smallest absolute Gasteiger partial charge is 0.135 e. The number of carbonyl (C=O) groups is 1. The Bertz CT molecular complexity index is 663. The Labute approximate surface area is 178 Å². The molecule has 164 valence electrons. The molecule has 0 radical (unpaired) electrons. The summed E-state index contributed by atoms with van der Waals surface area (Å²) in [4.78, 5) is 12.2. The molecule has 0 heterocycles. The van der Waals surface area contributed by atoms with Crippen LogP contribution >= 0.6 is 0 Å². The van der Waals surface area contributed by atoms with Crippen molar-refractivity contribution in [1.29, 1.82) is 0 Å². The molecule has 8 atom stereocenters. The minimum atomic E-state index is -0.106. The zero-order chi connectivity index (χ0) is 21.0. The van der Waals surface area contributed by atoms with E-state index in [4.69, 9.17) is 0 Å². The Morgan fingerprint density at radius 1 is 1.10 bits per heavy atom. The van der Waals surface area contributed by atoms with Crippen LogP contribution in [0, 0.1) is 46.3 Å². The van der Waals surface area contributed by atoms with Gasteiger partial charge in [0.1, 0.15) is 5.78 Å². The van der Waals surface area contributed by atoms with Crippen LogP contribution in [0.15, 0.2) is 11.6 Å². The molecule has 3 fully saturated rings. The zero-order valence-electron chi connectivity index (χ0n) is 19.5. The molecule has 0 aromatic heterocycles. The lowest BCUT2D eigenvalue weighted by Crippen LogP contribution is -2.50. The van der Waals surface area contributed by atoms with Crippen molar-refractivity contribution in [3.05, 3.63) is 11.6 Å². The van der Waals surface area contributed by atoms with E-state index >= 15 is 0 Å². The fourth-order valence-electron chi connectivity index (χ4n) is 8.48. The Morgan fingerprint density at radius 3 is 2.59 bits per heavy atom. The maximum atomic E-state index is 12.2. The van der Waals surface area contributed by atoms with Crippen LogP contribution in [0.3, 0.4) is 0 Å². The second kappa shape index (κ2) is 7.81. The van der Waals surface area contributed by atoms with Gasteiger partial charge < -0.3 is 5.11 Å². The van der Waals surface area contributed by atoms with Crippen LogP contribution in [0.1, 0.15) is 98.8 Å². The molecule has 0 bridgehead atoms. The molecule has 2 heteroatoms. The van der Waals surface area contributed by atoms with E-state index in [9.17, 15) is 9.90 Å². The minimum Gasteiger partial charge on any atom is -0.393 e. The van der Waals surface area contributed by atoms with Crippen molar-refractivity contribution in [2.75, 3.05) is 0 Å². The molecule has 0 amide bonds. The van der Waals surface area contributed by atoms with E-state index in [0.29, 0.717) is 22.5 Å². The van der Waals surface area contributed by atoms with Gasteiger partial charge in [-0.1, -0.05) is 46.3 Å². The van der Waals surface area contributed by atoms with Gasteiger partial charge in [0, 0.05) is 12.3 Å². The highest BCUT2D eigenvalue weighted by Crippen LogP contribution is 2.67. The largest absolute Gasteiger partial charge is 0.393 e. The number of hydrogen-bond donors (Lipinski definition) is 1. The van der Waals surface area contributed by atoms with Crippen molar-refractivity contribution < 1.29 is 9.90 Å². The van der Waals surface area contributed by atoms with Gasteiger partial charge in [-0.2, -0.15) is 0 Å². The first kappa shape index (κ1) is 21.6. The fourth-order valence-corrected chi connectivity index (χ4v) is 8.48. The number of fused-ring (bicyclic) bond motifs is 5. The first-order valence-electron chi connectivity index (χ1n) is 12.6. The lowest BCUT2D eigenvalue weighted by Gasteiger charge is -2.58. The number of ketones is 1. The summed E-state index contributed by atoms with van der Waals surface area (Å²) < 4.78 is 0. The molecule has 4 rings (SSSR count). The van der Waals surface area contributed by atoms with Gasteiger partial charge in [0.15, 0.2) is 0 Å². The molecule has 0 aromatic carbocycles. The van der Waals surface area contributed by atoms with E-state index in [1.807, 2.05) is 13.8 Å². The average Bonchev–Trinajstić information content (AvgIpc) is 3.03. The molecule has 0 saturated heterocycles. The topological polar surface area (TPSA) is 37.3 Å². The van der Waals surface area contributed by atoms with Gasteiger partial charge >= 0.3 is 0 Å². The van der Waals surface area contributed by atoms with Gasteiger partial charge in [-0.3, -0.25) is 4.79 Å². The summed E-state index contributed by atoms with van der Waals surface area (Å²) in [6.45, 7) is 11.6. The molecule has 0 spiro atoms. The molecule has 4 aliphatic carbocycles. The van der Waals surface area contributed by atoms with E-state index in [2.05, 4.69) is 26.8 Å². The molecular weight excluding hydrogens is 356 g/mol. The van der Waals surface area contributed by atoms with Gasteiger partial charge in [0.05, 0.1) is 6.10 Å². The van der Waals surface area contributed by atoms with Gasteiger partial charge in [-0.05, 0) is 98.2 Å². The van der Waals surface area contributed by atoms with Crippen molar-refractivity contribution >= 4 is 5.78 Å². The number of Topliss-reactive ketones (excluding diaryl/α,β-unsaturated/α-hetero) is 1. The predicted molar refractivity (Wildman–Crippen MR) is 119 cm³/mol. The number of carbonyl (C=O) groups excluding carboxylic acids is 1. The molecule has 0 aromatic rings. The third-order valence-electron chi connectivity index (χ3n) is 10.3. The molecule has 4 aliphatic rings. The molecule has 0 aliphatic heterocycles. The van der Waals surface area contributed by atoms with Gasteiger partial charge in [0.2, 0.25) is 0 Å². The molecule has 2 nitrogen and oxygen atoms in total. The monoisotopic (exact) mass is 400 g/mol. The van der Waals surface area contributed by atoms with E-state index in [1.54, 1.807) is 5.57 Å². The molecule has 3 saturated carbocycles. The number of aliphatic hydroxyl groups is 1. The van der Waals surface area contributed by atoms with E-state index < -0.39 is 0 Å². The lowest BCUT2D eigenvalue weighted by atomic mass is 9.47. The lowest BCUT2D eigenvalue weighted by molar-refractivity contribution is -0.122. The average molecular weight is 401 g/mol. The number of allylic oxidation sites excluding steroid dienone is 1. The first-order valence-corrected chi connectivity index (χ1v) is 12.6. The first-order chi connectivity index (χ1) is 13.7. The van der Waals surface area contributed by atoms with Crippen molar-refractivity contribution in [3.8, 4) is 0 Å². The maximum absolute atomic E-state index is 12.2. The highest BCUT2D eigenvalue weighted by atomic mass is 16.3. The van der Waals surface area contributed by atoms with Crippen LogP contribution in [-0.2, 0) is 4.79 Å². The summed E-state index contributed by atoms with van der Waals surface area (Å²) in [5.41, 5.74) is 2.39. The Kier molecular flexibility index (Phi) is 5.82. The Morgan fingerprint density at radius 2 is 1.86 bits per heavy atom. The minimum absolute atomic E-state index is 0.106. The third-order valence-corrected chi connectivity index (χ3v) is 10.3. The highest BCUT2D eigenvalue weighted by molar-refractivity contribution is 5.80. The van der Waals surface area contributed by atoms with Crippen molar-refractivity contribution in [2.24, 2.45) is 46.3 Å². The summed E-state index contributed by atoms with van der Waals surface area (Å²) in [5.74, 6) is 4.60. The van der Waals surface area contributed by atoms with Gasteiger partial charge in [0.25, 0.3) is 0 Å². The van der Waals surface area contributed by atoms with Crippen molar-refractivity contribution in [2.45, 2.75) is 105 Å².